The van der Waals surface area contributed by atoms with Crippen molar-refractivity contribution in [3.63, 3.8) is 0 Å². The highest BCUT2D eigenvalue weighted by Crippen LogP contribution is 2.21. The quantitative estimate of drug-likeness (QED) is 0.857. The van der Waals surface area contributed by atoms with Crippen LogP contribution < -0.4 is 0 Å². The molecule has 0 bridgehead atoms. The van der Waals surface area contributed by atoms with E-state index in [0.717, 1.165) is 63.3 Å². The van der Waals surface area contributed by atoms with Gasteiger partial charge in [-0.25, -0.2) is 0 Å². The third-order valence-electron chi connectivity index (χ3n) is 6.06. The maximum absolute atomic E-state index is 10.5. The number of hydrogen-bond donors (Lipinski definition) is 1. The molecule has 2 fully saturated rings. The largest absolute Gasteiger partial charge is 0.390 e. The fourth-order valence-corrected chi connectivity index (χ4v) is 4.35. The van der Waals surface area contributed by atoms with Gasteiger partial charge in [-0.15, -0.1) is 0 Å². The lowest BCUT2D eigenvalue weighted by Gasteiger charge is -2.35. The monoisotopic (exact) mass is 348 g/mol. The zero-order valence-electron chi connectivity index (χ0n) is 16.3. The number of aromatic nitrogens is 2. The van der Waals surface area contributed by atoms with E-state index in [1.807, 2.05) is 0 Å². The van der Waals surface area contributed by atoms with Gasteiger partial charge < -0.3 is 14.9 Å². The van der Waals surface area contributed by atoms with Gasteiger partial charge in [-0.2, -0.15) is 5.10 Å². The number of aryl methyl sites for hydroxylation is 2. The molecule has 1 aromatic heterocycles. The van der Waals surface area contributed by atoms with Crippen LogP contribution in [0.2, 0.25) is 0 Å². The minimum atomic E-state index is -0.207. The van der Waals surface area contributed by atoms with Crippen LogP contribution in [0.5, 0.6) is 0 Å². The number of aliphatic hydroxyl groups excluding tert-OH is 1. The van der Waals surface area contributed by atoms with Gasteiger partial charge in [0, 0.05) is 25.3 Å². The van der Waals surface area contributed by atoms with Gasteiger partial charge >= 0.3 is 0 Å². The van der Waals surface area contributed by atoms with Crippen LogP contribution in [0.3, 0.4) is 0 Å². The molecule has 2 aliphatic heterocycles. The van der Waals surface area contributed by atoms with Crippen molar-refractivity contribution in [2.45, 2.75) is 59.1 Å². The SMILES string of the molecule is Cc1cc(C)n(CC2CCN(CC(O)CN3CCC(C)CC3)CC2)n1. The summed E-state index contributed by atoms with van der Waals surface area (Å²) in [6.45, 7) is 13.8. The molecule has 1 N–H and O–H groups in total. The summed E-state index contributed by atoms with van der Waals surface area (Å²) >= 11 is 0. The predicted molar refractivity (Wildman–Crippen MR) is 102 cm³/mol. The molecular weight excluding hydrogens is 312 g/mol. The van der Waals surface area contributed by atoms with Gasteiger partial charge in [0.25, 0.3) is 0 Å². The Bertz CT molecular complexity index is 528. The van der Waals surface area contributed by atoms with Gasteiger partial charge in [0.15, 0.2) is 0 Å². The van der Waals surface area contributed by atoms with Crippen LogP contribution in [0, 0.1) is 25.7 Å². The number of nitrogens with zero attached hydrogens (tertiary/aromatic N) is 4. The van der Waals surface area contributed by atoms with E-state index >= 15 is 0 Å². The molecular formula is C20H36N4O. The molecule has 5 heteroatoms. The van der Waals surface area contributed by atoms with Gasteiger partial charge in [-0.1, -0.05) is 6.92 Å². The third-order valence-corrected chi connectivity index (χ3v) is 6.06. The summed E-state index contributed by atoms with van der Waals surface area (Å²) in [5, 5.41) is 15.1. The number of likely N-dealkylation sites (tertiary alicyclic amines) is 2. The number of aliphatic hydroxyl groups is 1. The smallest absolute Gasteiger partial charge is 0.0793 e. The summed E-state index contributed by atoms with van der Waals surface area (Å²) in [6.07, 6.45) is 4.79. The first-order chi connectivity index (χ1) is 12.0. The lowest BCUT2D eigenvalue weighted by Crippen LogP contribution is -2.45. The summed E-state index contributed by atoms with van der Waals surface area (Å²) in [5.41, 5.74) is 2.39. The minimum Gasteiger partial charge on any atom is -0.390 e. The standard InChI is InChI=1S/C20H36N4O/c1-16-4-8-22(9-5-16)14-20(25)15-23-10-6-19(7-11-23)13-24-18(3)12-17(2)21-24/h12,16,19-20,25H,4-11,13-15H2,1-3H3. The Hall–Kier alpha value is -0.910. The van der Waals surface area contributed by atoms with Crippen LogP contribution >= 0.6 is 0 Å². The van der Waals surface area contributed by atoms with Gasteiger partial charge in [0.05, 0.1) is 11.8 Å². The van der Waals surface area contributed by atoms with Crippen molar-refractivity contribution >= 4 is 0 Å². The topological polar surface area (TPSA) is 44.5 Å². The van der Waals surface area contributed by atoms with Crippen molar-refractivity contribution in [3.8, 4) is 0 Å². The summed E-state index contributed by atoms with van der Waals surface area (Å²) in [7, 11) is 0. The lowest BCUT2D eigenvalue weighted by molar-refractivity contribution is 0.0489. The molecule has 1 atom stereocenters. The zero-order valence-corrected chi connectivity index (χ0v) is 16.3. The van der Waals surface area contributed by atoms with E-state index in [-0.39, 0.29) is 6.10 Å². The highest BCUT2D eigenvalue weighted by molar-refractivity contribution is 5.06. The second-order valence-corrected chi connectivity index (χ2v) is 8.49. The normalized spacial score (nSPS) is 23.2. The molecule has 0 saturated carbocycles. The Morgan fingerprint density at radius 3 is 2.12 bits per heavy atom. The van der Waals surface area contributed by atoms with E-state index in [2.05, 4.69) is 46.4 Å². The maximum Gasteiger partial charge on any atom is 0.0793 e. The third kappa shape index (κ3) is 5.53. The first-order valence-electron chi connectivity index (χ1n) is 10.1. The van der Waals surface area contributed by atoms with Crippen LogP contribution in [-0.2, 0) is 6.54 Å². The van der Waals surface area contributed by atoms with Crippen molar-refractivity contribution in [1.82, 2.24) is 19.6 Å². The number of rotatable bonds is 6. The molecule has 2 saturated heterocycles. The average molecular weight is 349 g/mol. The molecule has 0 radical (unpaired) electrons. The fourth-order valence-electron chi connectivity index (χ4n) is 4.35. The van der Waals surface area contributed by atoms with Crippen LogP contribution in [-0.4, -0.2) is 70.1 Å². The molecule has 2 aliphatic rings. The predicted octanol–water partition coefficient (Wildman–Crippen LogP) is 2.30. The maximum atomic E-state index is 10.5. The molecule has 0 aliphatic carbocycles. The van der Waals surface area contributed by atoms with E-state index in [9.17, 15) is 5.11 Å². The Balaban J connectivity index is 1.36. The van der Waals surface area contributed by atoms with E-state index in [1.54, 1.807) is 0 Å². The molecule has 0 spiro atoms. The van der Waals surface area contributed by atoms with Gasteiger partial charge in [-0.05, 0) is 83.6 Å². The Kier molecular flexibility index (Phi) is 6.53. The van der Waals surface area contributed by atoms with Crippen LogP contribution in [0.1, 0.15) is 44.0 Å². The molecule has 3 rings (SSSR count). The average Bonchev–Trinajstić information content (AvgIpc) is 2.89. The number of piperidine rings is 2. The second-order valence-electron chi connectivity index (χ2n) is 8.49. The zero-order chi connectivity index (χ0) is 17.8. The van der Waals surface area contributed by atoms with E-state index in [0.29, 0.717) is 0 Å². The molecule has 1 unspecified atom stereocenters. The van der Waals surface area contributed by atoms with Crippen LogP contribution in [0.4, 0.5) is 0 Å². The first-order valence-corrected chi connectivity index (χ1v) is 10.1. The van der Waals surface area contributed by atoms with Gasteiger partial charge in [0.2, 0.25) is 0 Å². The Labute approximate surface area is 153 Å². The van der Waals surface area contributed by atoms with Gasteiger partial charge in [-0.3, -0.25) is 4.68 Å². The molecule has 5 nitrogen and oxygen atoms in total. The molecule has 25 heavy (non-hydrogen) atoms. The van der Waals surface area contributed by atoms with E-state index in [4.69, 9.17) is 0 Å². The molecule has 142 valence electrons. The number of hydrogen-bond acceptors (Lipinski definition) is 4. The second kappa shape index (κ2) is 8.65. The van der Waals surface area contributed by atoms with Crippen molar-refractivity contribution in [2.75, 3.05) is 39.3 Å². The minimum absolute atomic E-state index is 0.207. The summed E-state index contributed by atoms with van der Waals surface area (Å²) < 4.78 is 2.17. The number of β-amino-alcohol motifs (C(OH)–C–C–N with tert-alkyl or cyclic N) is 1. The van der Waals surface area contributed by atoms with Crippen LogP contribution in [0.25, 0.3) is 0 Å². The van der Waals surface area contributed by atoms with Crippen molar-refractivity contribution < 1.29 is 5.11 Å². The summed E-state index contributed by atoms with van der Waals surface area (Å²) in [6, 6.07) is 2.16. The summed E-state index contributed by atoms with van der Waals surface area (Å²) in [4.78, 5) is 4.90. The van der Waals surface area contributed by atoms with E-state index in [1.165, 1.54) is 31.4 Å². The summed E-state index contributed by atoms with van der Waals surface area (Å²) in [5.74, 6) is 1.57. The first kappa shape index (κ1) is 18.9. The Morgan fingerprint density at radius 2 is 1.60 bits per heavy atom. The molecule has 1 aromatic rings. The van der Waals surface area contributed by atoms with Crippen molar-refractivity contribution in [1.29, 1.82) is 0 Å². The van der Waals surface area contributed by atoms with Crippen molar-refractivity contribution in [2.24, 2.45) is 11.8 Å². The fraction of sp³-hybridized carbons (Fsp3) is 0.850. The van der Waals surface area contributed by atoms with Crippen molar-refractivity contribution in [3.05, 3.63) is 17.5 Å². The lowest BCUT2D eigenvalue weighted by atomic mass is 9.96. The highest BCUT2D eigenvalue weighted by Gasteiger charge is 2.24. The molecule has 0 amide bonds. The Morgan fingerprint density at radius 1 is 1.04 bits per heavy atom. The van der Waals surface area contributed by atoms with Gasteiger partial charge in [0.1, 0.15) is 0 Å². The van der Waals surface area contributed by atoms with E-state index < -0.39 is 0 Å². The molecule has 3 heterocycles. The van der Waals surface area contributed by atoms with Crippen LogP contribution in [0.15, 0.2) is 6.07 Å². The molecule has 0 aromatic carbocycles. The highest BCUT2D eigenvalue weighted by atomic mass is 16.3.